The average molecular weight is 461 g/mol. The summed E-state index contributed by atoms with van der Waals surface area (Å²) in [5.74, 6) is -0.176. The molecule has 31 heavy (non-hydrogen) atoms. The van der Waals surface area contributed by atoms with Gasteiger partial charge in [0, 0.05) is 25.0 Å². The van der Waals surface area contributed by atoms with Gasteiger partial charge in [-0.2, -0.15) is 0 Å². The number of carboxylic acids is 1. The number of hydrogen-bond donors (Lipinski definition) is 1. The van der Waals surface area contributed by atoms with E-state index in [2.05, 4.69) is 4.74 Å². The fourth-order valence-electron chi connectivity index (χ4n) is 3.11. The molecule has 1 aliphatic heterocycles. The molecule has 0 saturated carbocycles. The van der Waals surface area contributed by atoms with Crippen molar-refractivity contribution in [2.45, 2.75) is 38.1 Å². The molecule has 1 aliphatic rings. The molecule has 2 aromatic carbocycles. The van der Waals surface area contributed by atoms with Crippen molar-refractivity contribution < 1.29 is 42.0 Å². The topological polar surface area (TPSA) is 74.2 Å². The molecule has 10 heteroatoms. The lowest BCUT2D eigenvalue weighted by molar-refractivity contribution is -0.274. The van der Waals surface area contributed by atoms with Crippen molar-refractivity contribution in [3.63, 3.8) is 0 Å². The Balaban J connectivity index is 1.46. The van der Waals surface area contributed by atoms with Crippen LogP contribution in [0.25, 0.3) is 0 Å². The molecule has 1 unspecified atom stereocenters. The Labute approximate surface area is 181 Å². The maximum atomic E-state index is 12.2. The second-order valence-corrected chi connectivity index (χ2v) is 7.30. The summed E-state index contributed by atoms with van der Waals surface area (Å²) in [5, 5.41) is 9.44. The van der Waals surface area contributed by atoms with E-state index >= 15 is 0 Å². The first-order chi connectivity index (χ1) is 14.6. The van der Waals surface area contributed by atoms with Gasteiger partial charge >= 0.3 is 12.3 Å². The number of carboxylic acid groups (broad SMARTS) is 1. The maximum absolute atomic E-state index is 12.2. The first-order valence-corrected chi connectivity index (χ1v) is 9.86. The SMILES string of the molecule is CCC1(C(=O)O)Cc2ccc(OCCCOc3ccc(OC(F)(F)F)cc3Cl)cc2O1. The summed E-state index contributed by atoms with van der Waals surface area (Å²) < 4.78 is 57.3. The summed E-state index contributed by atoms with van der Waals surface area (Å²) in [4.78, 5) is 11.5. The summed E-state index contributed by atoms with van der Waals surface area (Å²) in [6, 6.07) is 8.62. The highest BCUT2D eigenvalue weighted by molar-refractivity contribution is 6.32. The number of rotatable bonds is 9. The van der Waals surface area contributed by atoms with Crippen molar-refractivity contribution in [1.82, 2.24) is 0 Å². The molecule has 0 radical (unpaired) electrons. The molecule has 1 N–H and O–H groups in total. The molecule has 0 saturated heterocycles. The van der Waals surface area contributed by atoms with Crippen LogP contribution in [0.5, 0.6) is 23.0 Å². The number of carbonyl (C=O) groups is 1. The van der Waals surface area contributed by atoms with Crippen LogP contribution in [-0.2, 0) is 11.2 Å². The van der Waals surface area contributed by atoms with Crippen molar-refractivity contribution in [1.29, 1.82) is 0 Å². The Kier molecular flexibility index (Phi) is 6.74. The van der Waals surface area contributed by atoms with Crippen LogP contribution >= 0.6 is 11.6 Å². The Bertz CT molecular complexity index is 949. The normalized spacial score (nSPS) is 17.6. The number of fused-ring (bicyclic) bond motifs is 1. The van der Waals surface area contributed by atoms with Gasteiger partial charge in [-0.05, 0) is 30.2 Å². The summed E-state index contributed by atoms with van der Waals surface area (Å²) in [5.41, 5.74) is -0.429. The van der Waals surface area contributed by atoms with Crippen molar-refractivity contribution in [3.05, 3.63) is 47.0 Å². The zero-order valence-corrected chi connectivity index (χ0v) is 17.3. The van der Waals surface area contributed by atoms with Gasteiger partial charge in [-0.15, -0.1) is 13.2 Å². The van der Waals surface area contributed by atoms with E-state index in [-0.39, 0.29) is 17.4 Å². The summed E-state index contributed by atoms with van der Waals surface area (Å²) in [6.45, 7) is 2.28. The largest absolute Gasteiger partial charge is 0.573 e. The van der Waals surface area contributed by atoms with Crippen LogP contribution in [0.15, 0.2) is 36.4 Å². The van der Waals surface area contributed by atoms with Crippen LogP contribution in [-0.4, -0.2) is 36.3 Å². The van der Waals surface area contributed by atoms with Crippen LogP contribution in [0, 0.1) is 0 Å². The van der Waals surface area contributed by atoms with Crippen molar-refractivity contribution in [2.75, 3.05) is 13.2 Å². The van der Waals surface area contributed by atoms with Gasteiger partial charge in [0.2, 0.25) is 5.60 Å². The Morgan fingerprint density at radius 1 is 1.16 bits per heavy atom. The lowest BCUT2D eigenvalue weighted by atomic mass is 9.94. The number of aliphatic carboxylic acids is 1. The third-order valence-electron chi connectivity index (χ3n) is 4.73. The van der Waals surface area contributed by atoms with E-state index in [0.29, 0.717) is 37.4 Å². The van der Waals surface area contributed by atoms with Crippen LogP contribution in [0.1, 0.15) is 25.3 Å². The Morgan fingerprint density at radius 3 is 2.52 bits per heavy atom. The van der Waals surface area contributed by atoms with Gasteiger partial charge in [-0.3, -0.25) is 0 Å². The predicted molar refractivity (Wildman–Crippen MR) is 105 cm³/mol. The summed E-state index contributed by atoms with van der Waals surface area (Å²) in [6.07, 6.45) is -3.67. The molecule has 2 aromatic rings. The number of ether oxygens (including phenoxy) is 4. The minimum atomic E-state index is -4.79. The number of hydrogen-bond acceptors (Lipinski definition) is 5. The molecule has 0 amide bonds. The molecule has 0 spiro atoms. The fourth-order valence-corrected chi connectivity index (χ4v) is 3.34. The number of benzene rings is 2. The number of halogens is 4. The summed E-state index contributed by atoms with van der Waals surface area (Å²) >= 11 is 5.92. The lowest BCUT2D eigenvalue weighted by Gasteiger charge is -2.21. The average Bonchev–Trinajstić information content (AvgIpc) is 3.07. The molecule has 0 aromatic heterocycles. The standard InChI is InChI=1S/C21H20ClF3O6/c1-2-20(19(26)27)12-13-4-5-14(11-18(13)31-20)28-8-3-9-29-17-7-6-15(10-16(17)22)30-21(23,24)25/h4-7,10-11H,2-3,8-9,12H2,1H3,(H,26,27). The zero-order chi connectivity index (χ0) is 22.6. The van der Waals surface area contributed by atoms with Gasteiger partial charge in [0.05, 0.1) is 18.2 Å². The Hall–Kier alpha value is -2.81. The second kappa shape index (κ2) is 9.13. The molecule has 0 fully saturated rings. The minimum absolute atomic E-state index is 0.00345. The van der Waals surface area contributed by atoms with Gasteiger partial charge < -0.3 is 24.1 Å². The van der Waals surface area contributed by atoms with Gasteiger partial charge in [-0.25, -0.2) is 4.79 Å². The Morgan fingerprint density at radius 2 is 1.87 bits per heavy atom. The first kappa shape index (κ1) is 22.9. The molecule has 1 atom stereocenters. The van der Waals surface area contributed by atoms with Crippen molar-refractivity contribution in [2.24, 2.45) is 0 Å². The van der Waals surface area contributed by atoms with Crippen LogP contribution in [0.4, 0.5) is 13.2 Å². The third kappa shape index (κ3) is 5.66. The highest BCUT2D eigenvalue weighted by atomic mass is 35.5. The molecule has 0 aliphatic carbocycles. The molecular weight excluding hydrogens is 441 g/mol. The predicted octanol–water partition coefficient (Wildman–Crippen LogP) is 5.25. The van der Waals surface area contributed by atoms with E-state index in [1.807, 2.05) is 0 Å². The van der Waals surface area contributed by atoms with E-state index < -0.39 is 23.7 Å². The number of alkyl halides is 3. The van der Waals surface area contributed by atoms with Gasteiger partial charge in [0.15, 0.2) is 0 Å². The highest BCUT2D eigenvalue weighted by Gasteiger charge is 2.45. The third-order valence-corrected chi connectivity index (χ3v) is 5.03. The van der Waals surface area contributed by atoms with E-state index in [4.69, 9.17) is 25.8 Å². The highest BCUT2D eigenvalue weighted by Crippen LogP contribution is 2.39. The van der Waals surface area contributed by atoms with E-state index in [1.54, 1.807) is 25.1 Å². The minimum Gasteiger partial charge on any atom is -0.493 e. The molecule has 168 valence electrons. The van der Waals surface area contributed by atoms with Crippen LogP contribution in [0.3, 0.4) is 0 Å². The fraction of sp³-hybridized carbons (Fsp3) is 0.381. The van der Waals surface area contributed by atoms with Crippen LogP contribution < -0.4 is 18.9 Å². The van der Waals surface area contributed by atoms with Gasteiger partial charge in [0.25, 0.3) is 0 Å². The molecule has 0 bridgehead atoms. The van der Waals surface area contributed by atoms with Gasteiger partial charge in [-0.1, -0.05) is 24.6 Å². The first-order valence-electron chi connectivity index (χ1n) is 9.48. The summed E-state index contributed by atoms with van der Waals surface area (Å²) in [7, 11) is 0. The quantitative estimate of drug-likeness (QED) is 0.515. The molecule has 6 nitrogen and oxygen atoms in total. The second-order valence-electron chi connectivity index (χ2n) is 6.89. The smallest absolute Gasteiger partial charge is 0.493 e. The maximum Gasteiger partial charge on any atom is 0.573 e. The molecule has 3 rings (SSSR count). The van der Waals surface area contributed by atoms with E-state index in [9.17, 15) is 23.1 Å². The molecule has 1 heterocycles. The lowest BCUT2D eigenvalue weighted by Crippen LogP contribution is -2.42. The van der Waals surface area contributed by atoms with E-state index in [1.165, 1.54) is 6.07 Å². The van der Waals surface area contributed by atoms with Crippen molar-refractivity contribution >= 4 is 17.6 Å². The zero-order valence-electron chi connectivity index (χ0n) is 16.5. The molecular formula is C21H20ClF3O6. The van der Waals surface area contributed by atoms with Gasteiger partial charge in [0.1, 0.15) is 23.0 Å². The van der Waals surface area contributed by atoms with Crippen LogP contribution in [0.2, 0.25) is 5.02 Å². The van der Waals surface area contributed by atoms with E-state index in [0.717, 1.165) is 17.7 Å². The monoisotopic (exact) mass is 460 g/mol. The van der Waals surface area contributed by atoms with Crippen molar-refractivity contribution in [3.8, 4) is 23.0 Å².